The molecule has 29 heavy (non-hydrogen) atoms. The first-order valence-corrected chi connectivity index (χ1v) is 9.96. The van der Waals surface area contributed by atoms with Gasteiger partial charge in [-0.3, -0.25) is 14.4 Å². The maximum Gasteiger partial charge on any atom is 0.229 e. The molecule has 2 aromatic carbocycles. The summed E-state index contributed by atoms with van der Waals surface area (Å²) >= 11 is 0. The van der Waals surface area contributed by atoms with Crippen LogP contribution in [0.15, 0.2) is 48.5 Å². The number of nitrogens with one attached hydrogen (secondary N) is 2. The van der Waals surface area contributed by atoms with E-state index in [-0.39, 0.29) is 24.1 Å². The zero-order valence-electron chi connectivity index (χ0n) is 17.1. The molecule has 2 N–H and O–H groups in total. The van der Waals surface area contributed by atoms with Crippen molar-refractivity contribution in [1.29, 1.82) is 0 Å². The summed E-state index contributed by atoms with van der Waals surface area (Å²) in [4.78, 5) is 38.2. The predicted molar refractivity (Wildman–Crippen MR) is 115 cm³/mol. The number of carbonyl (C=O) groups is 3. The van der Waals surface area contributed by atoms with E-state index in [4.69, 9.17) is 0 Å². The molecule has 0 spiro atoms. The van der Waals surface area contributed by atoms with Crippen LogP contribution in [0.5, 0.6) is 0 Å². The van der Waals surface area contributed by atoms with Gasteiger partial charge in [-0.05, 0) is 48.2 Å². The molecule has 152 valence electrons. The summed E-state index contributed by atoms with van der Waals surface area (Å²) in [5, 5.41) is 5.56. The Morgan fingerprint density at radius 3 is 2.31 bits per heavy atom. The monoisotopic (exact) mass is 393 g/mol. The van der Waals surface area contributed by atoms with Crippen molar-refractivity contribution in [2.75, 3.05) is 22.1 Å². The van der Waals surface area contributed by atoms with Gasteiger partial charge in [-0.1, -0.05) is 32.0 Å². The smallest absolute Gasteiger partial charge is 0.229 e. The number of nitrogens with zero attached hydrogens (tertiary/aromatic N) is 1. The zero-order chi connectivity index (χ0) is 21.0. The molecular weight excluding hydrogens is 366 g/mol. The Balaban J connectivity index is 1.69. The number of hydrogen-bond acceptors (Lipinski definition) is 3. The molecule has 3 amide bonds. The Labute approximate surface area is 171 Å². The average molecular weight is 393 g/mol. The molecule has 1 aliphatic heterocycles. The largest absolute Gasteiger partial charge is 0.326 e. The van der Waals surface area contributed by atoms with Crippen molar-refractivity contribution in [2.45, 2.75) is 39.5 Å². The zero-order valence-corrected chi connectivity index (χ0v) is 17.1. The third-order valence-electron chi connectivity index (χ3n) is 5.34. The van der Waals surface area contributed by atoms with E-state index in [1.165, 1.54) is 6.92 Å². The van der Waals surface area contributed by atoms with Crippen molar-refractivity contribution in [3.05, 3.63) is 54.1 Å². The molecule has 1 aliphatic rings. The molecule has 1 saturated heterocycles. The van der Waals surface area contributed by atoms with E-state index in [2.05, 4.69) is 30.5 Å². The van der Waals surface area contributed by atoms with Gasteiger partial charge in [-0.2, -0.15) is 0 Å². The van der Waals surface area contributed by atoms with Crippen LogP contribution in [0.1, 0.15) is 45.1 Å². The van der Waals surface area contributed by atoms with Crippen molar-refractivity contribution in [3.8, 4) is 0 Å². The van der Waals surface area contributed by atoms with Crippen molar-refractivity contribution in [3.63, 3.8) is 0 Å². The second-order valence-electron chi connectivity index (χ2n) is 7.52. The molecular formula is C23H27N3O3. The van der Waals surface area contributed by atoms with Gasteiger partial charge in [0.05, 0.1) is 5.92 Å². The number of benzene rings is 2. The van der Waals surface area contributed by atoms with Crippen molar-refractivity contribution in [1.82, 2.24) is 0 Å². The first kappa shape index (κ1) is 20.6. The van der Waals surface area contributed by atoms with Gasteiger partial charge in [-0.25, -0.2) is 0 Å². The first-order valence-electron chi connectivity index (χ1n) is 9.96. The fourth-order valence-corrected chi connectivity index (χ4v) is 3.57. The van der Waals surface area contributed by atoms with Crippen LogP contribution in [0.25, 0.3) is 0 Å². The van der Waals surface area contributed by atoms with E-state index in [1.807, 2.05) is 18.2 Å². The number of anilines is 3. The van der Waals surface area contributed by atoms with Gasteiger partial charge >= 0.3 is 0 Å². The van der Waals surface area contributed by atoms with Gasteiger partial charge in [0.1, 0.15) is 0 Å². The fraction of sp³-hybridized carbons (Fsp3) is 0.348. The van der Waals surface area contributed by atoms with Crippen LogP contribution in [0.2, 0.25) is 0 Å². The summed E-state index contributed by atoms with van der Waals surface area (Å²) in [5.41, 5.74) is 3.34. The number of carbonyl (C=O) groups excluding carboxylic acids is 3. The topological polar surface area (TPSA) is 78.5 Å². The summed E-state index contributed by atoms with van der Waals surface area (Å²) < 4.78 is 0. The minimum absolute atomic E-state index is 0.0260. The van der Waals surface area contributed by atoms with Gasteiger partial charge in [-0.15, -0.1) is 0 Å². The van der Waals surface area contributed by atoms with Crippen LogP contribution in [0.3, 0.4) is 0 Å². The molecule has 0 bridgehead atoms. The molecule has 2 atom stereocenters. The number of para-hydroxylation sites is 1. The van der Waals surface area contributed by atoms with Gasteiger partial charge in [0, 0.05) is 37.0 Å². The fourth-order valence-electron chi connectivity index (χ4n) is 3.57. The van der Waals surface area contributed by atoms with E-state index >= 15 is 0 Å². The molecule has 0 radical (unpaired) electrons. The molecule has 1 heterocycles. The van der Waals surface area contributed by atoms with Crippen LogP contribution >= 0.6 is 0 Å². The summed E-state index contributed by atoms with van der Waals surface area (Å²) in [6, 6.07) is 14.9. The van der Waals surface area contributed by atoms with E-state index in [0.717, 1.165) is 17.7 Å². The van der Waals surface area contributed by atoms with Crippen molar-refractivity contribution in [2.24, 2.45) is 5.92 Å². The second kappa shape index (κ2) is 8.90. The maximum atomic E-state index is 12.7. The Kier molecular flexibility index (Phi) is 6.32. The minimum atomic E-state index is -0.400. The highest BCUT2D eigenvalue weighted by Crippen LogP contribution is 2.33. The highest BCUT2D eigenvalue weighted by molar-refractivity contribution is 6.04. The Hall–Kier alpha value is -3.15. The maximum absolute atomic E-state index is 12.7. The van der Waals surface area contributed by atoms with E-state index in [1.54, 1.807) is 29.2 Å². The van der Waals surface area contributed by atoms with E-state index in [0.29, 0.717) is 23.8 Å². The van der Waals surface area contributed by atoms with E-state index in [9.17, 15) is 14.4 Å². The summed E-state index contributed by atoms with van der Waals surface area (Å²) in [5.74, 6) is -0.406. The third kappa shape index (κ3) is 4.83. The molecule has 0 aliphatic carbocycles. The average Bonchev–Trinajstić information content (AvgIpc) is 3.10. The van der Waals surface area contributed by atoms with Crippen LogP contribution in [-0.2, 0) is 14.4 Å². The van der Waals surface area contributed by atoms with Gasteiger partial charge in [0.15, 0.2) is 0 Å². The normalized spacial score (nSPS) is 17.1. The molecule has 0 saturated carbocycles. The highest BCUT2D eigenvalue weighted by atomic mass is 16.2. The van der Waals surface area contributed by atoms with Crippen LogP contribution in [0, 0.1) is 5.92 Å². The summed E-state index contributed by atoms with van der Waals surface area (Å²) in [6.07, 6.45) is 1.18. The van der Waals surface area contributed by atoms with Gasteiger partial charge in [0.2, 0.25) is 17.7 Å². The highest BCUT2D eigenvalue weighted by Gasteiger charge is 2.36. The molecule has 2 aromatic rings. The molecule has 3 rings (SSSR count). The lowest BCUT2D eigenvalue weighted by Gasteiger charge is -2.23. The number of hydrogen-bond donors (Lipinski definition) is 2. The quantitative estimate of drug-likeness (QED) is 0.774. The minimum Gasteiger partial charge on any atom is -0.326 e. The first-order chi connectivity index (χ1) is 13.9. The lowest BCUT2D eigenvalue weighted by Crippen LogP contribution is -2.29. The lowest BCUT2D eigenvalue weighted by atomic mass is 9.96. The molecule has 6 heteroatoms. The summed E-state index contributed by atoms with van der Waals surface area (Å²) in [7, 11) is 0. The number of rotatable bonds is 6. The van der Waals surface area contributed by atoms with Crippen LogP contribution in [0.4, 0.5) is 17.1 Å². The van der Waals surface area contributed by atoms with Crippen LogP contribution in [-0.4, -0.2) is 24.3 Å². The standard InChI is InChI=1S/C23H27N3O3/c1-4-15(2)20-7-5-6-8-21(20)26-14-17(13-22(26)28)23(29)25-19-11-9-18(10-12-19)24-16(3)27/h5-12,15,17H,4,13-14H2,1-3H3,(H,24,27)(H,25,29)/t15-,17+/m1/s1. The van der Waals surface area contributed by atoms with Crippen molar-refractivity contribution >= 4 is 34.8 Å². The van der Waals surface area contributed by atoms with Gasteiger partial charge < -0.3 is 15.5 Å². The molecule has 0 unspecified atom stereocenters. The van der Waals surface area contributed by atoms with Gasteiger partial charge in [0.25, 0.3) is 0 Å². The molecule has 1 fully saturated rings. The Morgan fingerprint density at radius 1 is 1.07 bits per heavy atom. The molecule has 0 aromatic heterocycles. The van der Waals surface area contributed by atoms with E-state index < -0.39 is 5.92 Å². The predicted octanol–water partition coefficient (Wildman–Crippen LogP) is 4.15. The Morgan fingerprint density at radius 2 is 1.69 bits per heavy atom. The Bertz CT molecular complexity index is 908. The molecule has 6 nitrogen and oxygen atoms in total. The summed E-state index contributed by atoms with van der Waals surface area (Å²) in [6.45, 7) is 6.09. The van der Waals surface area contributed by atoms with Crippen molar-refractivity contribution < 1.29 is 14.4 Å². The van der Waals surface area contributed by atoms with Crippen LogP contribution < -0.4 is 15.5 Å². The lowest BCUT2D eigenvalue weighted by molar-refractivity contribution is -0.122. The third-order valence-corrected chi connectivity index (χ3v) is 5.34. The number of amides is 3. The second-order valence-corrected chi connectivity index (χ2v) is 7.52. The SMILES string of the molecule is CC[C@@H](C)c1ccccc1N1C[C@@H](C(=O)Nc2ccc(NC(C)=O)cc2)CC1=O.